The van der Waals surface area contributed by atoms with Crippen LogP contribution in [0.3, 0.4) is 0 Å². The molecule has 1 atom stereocenters. The van der Waals surface area contributed by atoms with E-state index in [-0.39, 0.29) is 6.04 Å². The van der Waals surface area contributed by atoms with Gasteiger partial charge in [0.25, 0.3) is 0 Å². The Morgan fingerprint density at radius 3 is 3.00 bits per heavy atom. The van der Waals surface area contributed by atoms with E-state index in [0.717, 1.165) is 12.2 Å². The average molecular weight is 178 g/mol. The van der Waals surface area contributed by atoms with E-state index in [1.54, 1.807) is 6.20 Å². The maximum absolute atomic E-state index is 5.29. The molecule has 1 rings (SSSR count). The summed E-state index contributed by atoms with van der Waals surface area (Å²) in [6, 6.07) is 0.104. The van der Waals surface area contributed by atoms with Gasteiger partial charge in [-0.15, -0.1) is 6.42 Å². The van der Waals surface area contributed by atoms with E-state index >= 15 is 0 Å². The van der Waals surface area contributed by atoms with Crippen LogP contribution in [0.5, 0.6) is 0 Å². The molecule has 3 nitrogen and oxygen atoms in total. The first kappa shape index (κ1) is 9.82. The predicted molar refractivity (Wildman–Crippen MR) is 51.0 cm³/mol. The summed E-state index contributed by atoms with van der Waals surface area (Å²) in [6.45, 7) is 4.50. The van der Waals surface area contributed by atoms with Crippen molar-refractivity contribution in [3.8, 4) is 12.3 Å². The van der Waals surface area contributed by atoms with Gasteiger partial charge in [0.15, 0.2) is 0 Å². The zero-order chi connectivity index (χ0) is 9.68. The van der Waals surface area contributed by atoms with Crippen LogP contribution in [0, 0.1) is 19.3 Å². The van der Waals surface area contributed by atoms with E-state index in [1.807, 2.05) is 13.8 Å². The van der Waals surface area contributed by atoms with Crippen molar-refractivity contribution in [3.63, 3.8) is 0 Å². The van der Waals surface area contributed by atoms with E-state index in [4.69, 9.17) is 10.8 Å². The van der Waals surface area contributed by atoms with Crippen LogP contribution in [-0.4, -0.2) is 11.0 Å². The second-order valence-corrected chi connectivity index (χ2v) is 2.87. The molecule has 1 N–H and O–H groups in total. The van der Waals surface area contributed by atoms with Gasteiger partial charge in [0.05, 0.1) is 18.8 Å². The molecule has 1 unspecified atom stereocenters. The molecule has 0 saturated carbocycles. The molecule has 0 bridgehead atoms. The fourth-order valence-corrected chi connectivity index (χ4v) is 1.01. The van der Waals surface area contributed by atoms with Crippen LogP contribution in [0.4, 0.5) is 0 Å². The molecule has 0 radical (unpaired) electrons. The van der Waals surface area contributed by atoms with Crippen LogP contribution < -0.4 is 5.32 Å². The van der Waals surface area contributed by atoms with Crippen molar-refractivity contribution in [2.45, 2.75) is 32.9 Å². The second kappa shape index (κ2) is 4.68. The van der Waals surface area contributed by atoms with Gasteiger partial charge in [-0.3, -0.25) is 5.32 Å². The summed E-state index contributed by atoms with van der Waals surface area (Å²) in [5.74, 6) is 4.16. The summed E-state index contributed by atoms with van der Waals surface area (Å²) in [6.07, 6.45) is 7.90. The van der Waals surface area contributed by atoms with Gasteiger partial charge >= 0.3 is 0 Å². The smallest absolute Gasteiger partial charge is 0.208 e. The third kappa shape index (κ3) is 2.92. The van der Waals surface area contributed by atoms with Gasteiger partial charge in [0.2, 0.25) is 5.89 Å². The first-order valence-corrected chi connectivity index (χ1v) is 4.37. The molecule has 0 spiro atoms. The first-order valence-electron chi connectivity index (χ1n) is 4.37. The fraction of sp³-hybridized carbons (Fsp3) is 0.500. The number of rotatable bonds is 4. The second-order valence-electron chi connectivity index (χ2n) is 2.87. The highest BCUT2D eigenvalue weighted by Gasteiger charge is 2.03. The molecule has 0 amide bonds. The molecule has 1 aromatic rings. The molecule has 0 aromatic carbocycles. The molecule has 1 heterocycles. The van der Waals surface area contributed by atoms with Gasteiger partial charge in [-0.25, -0.2) is 4.98 Å². The van der Waals surface area contributed by atoms with Crippen molar-refractivity contribution in [1.29, 1.82) is 0 Å². The van der Waals surface area contributed by atoms with Crippen molar-refractivity contribution in [3.05, 3.63) is 17.8 Å². The quantitative estimate of drug-likeness (QED) is 0.710. The van der Waals surface area contributed by atoms with Crippen LogP contribution in [-0.2, 0) is 6.54 Å². The lowest BCUT2D eigenvalue weighted by Gasteiger charge is -2.07. The Bertz CT molecular complexity index is 298. The average Bonchev–Trinajstić information content (AvgIpc) is 2.53. The zero-order valence-corrected chi connectivity index (χ0v) is 8.00. The van der Waals surface area contributed by atoms with Crippen LogP contribution in [0.2, 0.25) is 0 Å². The van der Waals surface area contributed by atoms with Gasteiger partial charge < -0.3 is 4.42 Å². The minimum atomic E-state index is 0.104. The number of nitrogens with one attached hydrogen (secondary N) is 1. The summed E-state index contributed by atoms with van der Waals surface area (Å²) in [7, 11) is 0. The molecular weight excluding hydrogens is 164 g/mol. The highest BCUT2D eigenvalue weighted by molar-refractivity contribution is 4.99. The van der Waals surface area contributed by atoms with Crippen molar-refractivity contribution < 1.29 is 4.42 Å². The number of oxazole rings is 1. The Labute approximate surface area is 78.5 Å². The molecule has 13 heavy (non-hydrogen) atoms. The highest BCUT2D eigenvalue weighted by atomic mass is 16.4. The summed E-state index contributed by atoms with van der Waals surface area (Å²) in [5.41, 5.74) is 0. The first-order chi connectivity index (χ1) is 6.26. The lowest BCUT2D eigenvalue weighted by atomic mass is 10.2. The summed E-state index contributed by atoms with van der Waals surface area (Å²) in [4.78, 5) is 4.06. The van der Waals surface area contributed by atoms with E-state index in [9.17, 15) is 0 Å². The fourth-order valence-electron chi connectivity index (χ4n) is 1.01. The lowest BCUT2D eigenvalue weighted by molar-refractivity contribution is 0.438. The standard InChI is InChI=1S/C10H14N2O/c1-4-9(5-2)11-7-10-12-6-8(3)13-10/h1,6,9,11H,5,7H2,2-3H3. The van der Waals surface area contributed by atoms with Gasteiger partial charge in [0.1, 0.15) is 5.76 Å². The molecule has 0 fully saturated rings. The van der Waals surface area contributed by atoms with Gasteiger partial charge in [-0.05, 0) is 13.3 Å². The van der Waals surface area contributed by atoms with Crippen molar-refractivity contribution in [2.75, 3.05) is 0 Å². The highest BCUT2D eigenvalue weighted by Crippen LogP contribution is 2.01. The Balaban J connectivity index is 2.39. The van der Waals surface area contributed by atoms with Crippen molar-refractivity contribution in [2.24, 2.45) is 0 Å². The maximum atomic E-state index is 5.29. The number of hydrogen-bond donors (Lipinski definition) is 1. The SMILES string of the molecule is C#CC(CC)NCc1ncc(C)o1. The molecule has 1 aromatic heterocycles. The van der Waals surface area contributed by atoms with Crippen molar-refractivity contribution >= 4 is 0 Å². The molecule has 3 heteroatoms. The van der Waals surface area contributed by atoms with Gasteiger partial charge in [-0.1, -0.05) is 12.8 Å². The topological polar surface area (TPSA) is 38.1 Å². The largest absolute Gasteiger partial charge is 0.445 e. The molecular formula is C10H14N2O. The normalized spacial score (nSPS) is 12.4. The lowest BCUT2D eigenvalue weighted by Crippen LogP contribution is -2.26. The van der Waals surface area contributed by atoms with Gasteiger partial charge in [-0.2, -0.15) is 0 Å². The van der Waals surface area contributed by atoms with Crippen LogP contribution in [0.25, 0.3) is 0 Å². The summed E-state index contributed by atoms with van der Waals surface area (Å²) >= 11 is 0. The molecule has 0 aliphatic heterocycles. The van der Waals surface area contributed by atoms with E-state index < -0.39 is 0 Å². The van der Waals surface area contributed by atoms with Crippen molar-refractivity contribution in [1.82, 2.24) is 10.3 Å². The minimum absolute atomic E-state index is 0.104. The Morgan fingerprint density at radius 1 is 1.77 bits per heavy atom. The summed E-state index contributed by atoms with van der Waals surface area (Å²) in [5, 5.41) is 3.16. The van der Waals surface area contributed by atoms with Crippen LogP contribution in [0.15, 0.2) is 10.6 Å². The van der Waals surface area contributed by atoms with Crippen LogP contribution in [0.1, 0.15) is 25.0 Å². The Hall–Kier alpha value is -1.27. The zero-order valence-electron chi connectivity index (χ0n) is 8.00. The maximum Gasteiger partial charge on any atom is 0.208 e. The third-order valence-corrected chi connectivity index (χ3v) is 1.78. The van der Waals surface area contributed by atoms with E-state index in [0.29, 0.717) is 12.4 Å². The summed E-state index contributed by atoms with van der Waals surface area (Å²) < 4.78 is 5.28. The van der Waals surface area contributed by atoms with Crippen LogP contribution >= 0.6 is 0 Å². The molecule has 0 saturated heterocycles. The molecule has 0 aliphatic carbocycles. The molecule has 0 aliphatic rings. The van der Waals surface area contributed by atoms with Gasteiger partial charge in [0, 0.05) is 0 Å². The number of hydrogen-bond acceptors (Lipinski definition) is 3. The number of nitrogens with zero attached hydrogens (tertiary/aromatic N) is 1. The monoisotopic (exact) mass is 178 g/mol. The predicted octanol–water partition coefficient (Wildman–Crippen LogP) is 1.48. The minimum Gasteiger partial charge on any atom is -0.445 e. The third-order valence-electron chi connectivity index (χ3n) is 1.78. The molecule has 70 valence electrons. The number of aromatic nitrogens is 1. The van der Waals surface area contributed by atoms with E-state index in [2.05, 4.69) is 16.2 Å². The number of aryl methyl sites for hydroxylation is 1. The Morgan fingerprint density at radius 2 is 2.54 bits per heavy atom. The van der Waals surface area contributed by atoms with E-state index in [1.165, 1.54) is 0 Å². The Kier molecular flexibility index (Phi) is 3.53. The number of terminal acetylenes is 1.